The lowest BCUT2D eigenvalue weighted by atomic mass is 10.2. The molecule has 0 bridgehead atoms. The Kier molecular flexibility index (Phi) is 5.20. The molecule has 1 heterocycles. The molecule has 0 unspecified atom stereocenters. The summed E-state index contributed by atoms with van der Waals surface area (Å²) in [6, 6.07) is 11.2. The van der Waals surface area contributed by atoms with E-state index >= 15 is 0 Å². The summed E-state index contributed by atoms with van der Waals surface area (Å²) in [5.74, 6) is 0.824. The number of rotatable bonds is 6. The molecule has 6 heteroatoms. The maximum absolute atomic E-state index is 13.0. The average Bonchev–Trinajstić information content (AvgIpc) is 3.15. The van der Waals surface area contributed by atoms with E-state index in [0.29, 0.717) is 18.6 Å². The van der Waals surface area contributed by atoms with E-state index in [0.717, 1.165) is 31.5 Å². The fourth-order valence-electron chi connectivity index (χ4n) is 3.72. The molecule has 0 spiro atoms. The summed E-state index contributed by atoms with van der Waals surface area (Å²) in [5, 5.41) is 7.57. The molecule has 2 aliphatic rings. The van der Waals surface area contributed by atoms with Crippen molar-refractivity contribution in [1.82, 2.24) is 14.7 Å². The molecule has 1 aromatic carbocycles. The van der Waals surface area contributed by atoms with E-state index in [1.165, 1.54) is 23.3 Å². The van der Waals surface area contributed by atoms with Gasteiger partial charge in [-0.3, -0.25) is 5.32 Å². The second kappa shape index (κ2) is 7.74. The van der Waals surface area contributed by atoms with Gasteiger partial charge >= 0.3 is 6.03 Å². The molecule has 5 nitrogen and oxygen atoms in total. The lowest BCUT2D eigenvalue weighted by Gasteiger charge is -2.24. The second-order valence-corrected chi connectivity index (χ2v) is 8.12. The number of nitrogens with one attached hydrogen (secondary N) is 1. The van der Waals surface area contributed by atoms with Crippen LogP contribution in [0.2, 0.25) is 0 Å². The molecule has 2 saturated carbocycles. The molecule has 1 N–H and O–H groups in total. The molecule has 2 fully saturated rings. The summed E-state index contributed by atoms with van der Waals surface area (Å²) in [4.78, 5) is 16.2. The second-order valence-electron chi connectivity index (χ2n) is 7.24. The molecule has 2 aromatic rings. The molecule has 2 amide bonds. The molecular formula is C20H26N4OS. The van der Waals surface area contributed by atoms with Gasteiger partial charge in [-0.2, -0.15) is 5.10 Å². The number of hydrogen-bond acceptors (Lipinski definition) is 3. The quantitative estimate of drug-likeness (QED) is 0.735. The van der Waals surface area contributed by atoms with Crippen LogP contribution in [0.1, 0.15) is 50.1 Å². The van der Waals surface area contributed by atoms with Gasteiger partial charge in [0.1, 0.15) is 5.82 Å². The van der Waals surface area contributed by atoms with Gasteiger partial charge < -0.3 is 4.90 Å². The Morgan fingerprint density at radius 1 is 1.19 bits per heavy atom. The summed E-state index contributed by atoms with van der Waals surface area (Å²) >= 11 is 1.74. The highest BCUT2D eigenvalue weighted by Gasteiger charge is 2.33. The summed E-state index contributed by atoms with van der Waals surface area (Å²) < 4.78 is 2.00. The molecule has 1 aromatic heterocycles. The molecular weight excluding hydrogens is 344 g/mol. The van der Waals surface area contributed by atoms with Crippen LogP contribution in [0, 0.1) is 0 Å². The molecule has 2 aliphatic carbocycles. The summed E-state index contributed by atoms with van der Waals surface area (Å²) in [6.07, 6.45) is 10.9. The van der Waals surface area contributed by atoms with Gasteiger partial charge in [-0.1, -0.05) is 25.0 Å². The highest BCUT2D eigenvalue weighted by molar-refractivity contribution is 7.98. The SMILES string of the molecule is CSc1ccc(CN(C(=O)Nc2ccnn2C2CCCC2)C2CC2)cc1. The van der Waals surface area contributed by atoms with E-state index in [1.807, 2.05) is 15.6 Å². The Morgan fingerprint density at radius 3 is 2.58 bits per heavy atom. The zero-order chi connectivity index (χ0) is 17.9. The molecule has 0 aliphatic heterocycles. The van der Waals surface area contributed by atoms with Crippen LogP contribution >= 0.6 is 11.8 Å². The fraction of sp³-hybridized carbons (Fsp3) is 0.500. The first kappa shape index (κ1) is 17.5. The van der Waals surface area contributed by atoms with Crippen LogP contribution in [0.5, 0.6) is 0 Å². The number of hydrogen-bond donors (Lipinski definition) is 1. The first-order valence-corrected chi connectivity index (χ1v) is 10.7. The van der Waals surface area contributed by atoms with E-state index in [-0.39, 0.29) is 6.03 Å². The minimum atomic E-state index is -0.0128. The molecule has 138 valence electrons. The van der Waals surface area contributed by atoms with Crippen LogP contribution in [-0.4, -0.2) is 33.0 Å². The van der Waals surface area contributed by atoms with Gasteiger partial charge in [0.25, 0.3) is 0 Å². The largest absolute Gasteiger partial charge is 0.323 e. The van der Waals surface area contributed by atoms with Crippen LogP contribution in [-0.2, 0) is 6.54 Å². The van der Waals surface area contributed by atoms with Crippen molar-refractivity contribution < 1.29 is 4.79 Å². The maximum Gasteiger partial charge on any atom is 0.323 e. The minimum absolute atomic E-state index is 0.0128. The van der Waals surface area contributed by atoms with E-state index in [9.17, 15) is 4.79 Å². The number of nitrogens with zero attached hydrogens (tertiary/aromatic N) is 3. The number of urea groups is 1. The smallest absolute Gasteiger partial charge is 0.317 e. The van der Waals surface area contributed by atoms with Crippen LogP contribution in [0.3, 0.4) is 0 Å². The fourth-order valence-corrected chi connectivity index (χ4v) is 4.12. The van der Waals surface area contributed by atoms with E-state index in [2.05, 4.69) is 40.9 Å². The Morgan fingerprint density at radius 2 is 1.92 bits per heavy atom. The lowest BCUT2D eigenvalue weighted by Crippen LogP contribution is -2.37. The topological polar surface area (TPSA) is 50.2 Å². The Balaban J connectivity index is 1.45. The molecule has 4 rings (SSSR count). The predicted molar refractivity (Wildman–Crippen MR) is 106 cm³/mol. The van der Waals surface area contributed by atoms with Crippen molar-refractivity contribution in [3.8, 4) is 0 Å². The summed E-state index contributed by atoms with van der Waals surface area (Å²) in [7, 11) is 0. The monoisotopic (exact) mass is 370 g/mol. The zero-order valence-electron chi connectivity index (χ0n) is 15.2. The standard InChI is InChI=1S/C20H26N4OS/c1-26-18-10-6-15(7-11-18)14-23(16-8-9-16)20(25)22-19-12-13-21-24(19)17-4-2-3-5-17/h6-7,10-13,16-17H,2-5,8-9,14H2,1H3,(H,22,25). The van der Waals surface area contributed by atoms with Crippen molar-refractivity contribution in [3.05, 3.63) is 42.1 Å². The number of amides is 2. The number of aromatic nitrogens is 2. The van der Waals surface area contributed by atoms with Crippen LogP contribution in [0.4, 0.5) is 10.6 Å². The highest BCUT2D eigenvalue weighted by atomic mass is 32.2. The molecule has 0 radical (unpaired) electrons. The Hall–Kier alpha value is -1.95. The number of carbonyl (C=O) groups is 1. The van der Waals surface area contributed by atoms with Crippen LogP contribution < -0.4 is 5.32 Å². The van der Waals surface area contributed by atoms with Crippen molar-refractivity contribution in [1.29, 1.82) is 0 Å². The third-order valence-electron chi connectivity index (χ3n) is 5.34. The molecule has 26 heavy (non-hydrogen) atoms. The van der Waals surface area contributed by atoms with Gasteiger partial charge in [-0.25, -0.2) is 9.48 Å². The van der Waals surface area contributed by atoms with Gasteiger partial charge in [-0.05, 0) is 49.6 Å². The first-order chi connectivity index (χ1) is 12.7. The third kappa shape index (κ3) is 3.90. The number of benzene rings is 1. The van der Waals surface area contributed by atoms with Crippen molar-refractivity contribution in [2.45, 2.75) is 62.0 Å². The van der Waals surface area contributed by atoms with Crippen molar-refractivity contribution in [3.63, 3.8) is 0 Å². The van der Waals surface area contributed by atoms with Crippen molar-refractivity contribution in [2.24, 2.45) is 0 Å². The van der Waals surface area contributed by atoms with E-state index < -0.39 is 0 Å². The van der Waals surface area contributed by atoms with Gasteiger partial charge in [-0.15, -0.1) is 11.8 Å². The maximum atomic E-state index is 13.0. The Bertz CT molecular complexity index is 747. The van der Waals surface area contributed by atoms with Crippen molar-refractivity contribution in [2.75, 3.05) is 11.6 Å². The van der Waals surface area contributed by atoms with Crippen LogP contribution in [0.15, 0.2) is 41.4 Å². The van der Waals surface area contributed by atoms with E-state index in [1.54, 1.807) is 18.0 Å². The first-order valence-electron chi connectivity index (χ1n) is 9.48. The number of thioether (sulfide) groups is 1. The van der Waals surface area contributed by atoms with Crippen molar-refractivity contribution >= 4 is 23.6 Å². The number of carbonyl (C=O) groups excluding carboxylic acids is 1. The van der Waals surface area contributed by atoms with Crippen LogP contribution in [0.25, 0.3) is 0 Å². The Labute approximate surface area is 159 Å². The van der Waals surface area contributed by atoms with Gasteiger partial charge in [0.05, 0.1) is 12.2 Å². The minimum Gasteiger partial charge on any atom is -0.317 e. The number of anilines is 1. The highest BCUT2D eigenvalue weighted by Crippen LogP contribution is 2.32. The molecule has 0 saturated heterocycles. The predicted octanol–water partition coefficient (Wildman–Crippen LogP) is 4.92. The van der Waals surface area contributed by atoms with E-state index in [4.69, 9.17) is 0 Å². The summed E-state index contributed by atoms with van der Waals surface area (Å²) in [6.45, 7) is 0.655. The van der Waals surface area contributed by atoms with Gasteiger partial charge in [0.15, 0.2) is 0 Å². The normalized spacial score (nSPS) is 17.4. The lowest BCUT2D eigenvalue weighted by molar-refractivity contribution is 0.206. The summed E-state index contributed by atoms with van der Waals surface area (Å²) in [5.41, 5.74) is 1.18. The van der Waals surface area contributed by atoms with Gasteiger partial charge in [0.2, 0.25) is 0 Å². The third-order valence-corrected chi connectivity index (χ3v) is 6.08. The zero-order valence-corrected chi connectivity index (χ0v) is 16.0. The average molecular weight is 371 g/mol. The molecule has 0 atom stereocenters. The van der Waals surface area contributed by atoms with Gasteiger partial charge in [0, 0.05) is 23.5 Å².